The Labute approximate surface area is 130 Å². The lowest BCUT2D eigenvalue weighted by Gasteiger charge is -2.05. The fourth-order valence-electron chi connectivity index (χ4n) is 1.12. The first-order valence-corrected chi connectivity index (χ1v) is 6.32. The van der Waals surface area contributed by atoms with Gasteiger partial charge in [0.2, 0.25) is 11.8 Å². The van der Waals surface area contributed by atoms with Gasteiger partial charge >= 0.3 is 6.09 Å². The lowest BCUT2D eigenvalue weighted by atomic mass is 10.3. The lowest BCUT2D eigenvalue weighted by molar-refractivity contribution is -0.119. The maximum Gasteiger partial charge on any atom is 0.420 e. The van der Waals surface area contributed by atoms with E-state index in [9.17, 15) is 9.59 Å². The molecule has 7 nitrogen and oxygen atoms in total. The number of benzene rings is 1. The highest BCUT2D eigenvalue weighted by molar-refractivity contribution is 6.42. The van der Waals surface area contributed by atoms with Crippen molar-refractivity contribution in [1.29, 1.82) is 5.26 Å². The third kappa shape index (κ3) is 6.12. The maximum absolute atomic E-state index is 11.2. The minimum Gasteiger partial charge on any atom is -0.394 e. The number of amides is 2. The monoisotopic (exact) mass is 328 g/mol. The Morgan fingerprint density at radius 1 is 1.38 bits per heavy atom. The Kier molecular flexibility index (Phi) is 6.46. The van der Waals surface area contributed by atoms with Crippen LogP contribution in [0.5, 0.6) is 0 Å². The molecular weight excluding hydrogens is 319 g/mol. The molecule has 0 unspecified atom stereocenters. The summed E-state index contributed by atoms with van der Waals surface area (Å²) in [6.07, 6.45) is -1.46. The number of nitriles is 1. The van der Waals surface area contributed by atoms with Gasteiger partial charge in [-0.05, 0) is 18.2 Å². The number of hydrogen-bond donors (Lipinski definition) is 2. The Hall–Kier alpha value is -2.30. The largest absolute Gasteiger partial charge is 0.420 e. The molecule has 9 heteroatoms. The number of halogens is 2. The molecule has 0 aliphatic rings. The van der Waals surface area contributed by atoms with Crippen molar-refractivity contribution in [3.05, 3.63) is 28.2 Å². The van der Waals surface area contributed by atoms with Gasteiger partial charge in [0.1, 0.15) is 6.42 Å². The third-order valence-electron chi connectivity index (χ3n) is 1.98. The molecule has 1 rings (SSSR count). The molecule has 0 saturated carbocycles. The van der Waals surface area contributed by atoms with Crippen LogP contribution in [-0.2, 0) is 9.53 Å². The highest BCUT2D eigenvalue weighted by Crippen LogP contribution is 2.24. The fourth-order valence-corrected chi connectivity index (χ4v) is 1.42. The molecule has 2 N–H and O–H groups in total. The van der Waals surface area contributed by atoms with E-state index in [2.05, 4.69) is 10.5 Å². The van der Waals surface area contributed by atoms with E-state index in [-0.39, 0.29) is 5.90 Å². The number of carbonyl (C=O) groups excluding carboxylic acids is 2. The molecule has 0 atom stereocenters. The van der Waals surface area contributed by atoms with E-state index in [4.69, 9.17) is 33.2 Å². The Bertz CT molecular complexity index is 625. The van der Waals surface area contributed by atoms with Crippen LogP contribution in [0.25, 0.3) is 0 Å². The zero-order valence-electron chi connectivity index (χ0n) is 10.8. The minimum atomic E-state index is -1.02. The molecule has 0 fully saturated rings. The Morgan fingerprint density at radius 3 is 2.71 bits per heavy atom. The van der Waals surface area contributed by atoms with E-state index in [1.54, 1.807) is 18.2 Å². The normalized spacial score (nSPS) is 10.5. The first kappa shape index (κ1) is 16.8. The van der Waals surface area contributed by atoms with Crippen molar-refractivity contribution < 1.29 is 14.3 Å². The van der Waals surface area contributed by atoms with Gasteiger partial charge in [0, 0.05) is 6.92 Å². The van der Waals surface area contributed by atoms with Crippen LogP contribution in [0.15, 0.2) is 23.3 Å². The van der Waals surface area contributed by atoms with E-state index in [1.807, 2.05) is 5.32 Å². The molecule has 0 bridgehead atoms. The Balaban J connectivity index is 2.53. The molecule has 0 aliphatic carbocycles. The standard InChI is InChI=1S/C12H10Cl2N4O3/c1-7(21-12(20)16-11(19)4-5-15)17-18-8-2-3-9(13)10(14)6-8/h2-3,6,18H,4H2,1H3,(H,16,19,20). The second kappa shape index (κ2) is 8.09. The van der Waals surface area contributed by atoms with Gasteiger partial charge in [-0.3, -0.25) is 15.5 Å². The van der Waals surface area contributed by atoms with Gasteiger partial charge in [0.25, 0.3) is 0 Å². The highest BCUT2D eigenvalue weighted by Gasteiger charge is 2.09. The summed E-state index contributed by atoms with van der Waals surface area (Å²) in [5.41, 5.74) is 3.13. The third-order valence-corrected chi connectivity index (χ3v) is 2.72. The summed E-state index contributed by atoms with van der Waals surface area (Å²) in [6.45, 7) is 1.40. The van der Waals surface area contributed by atoms with Gasteiger partial charge in [-0.2, -0.15) is 5.26 Å². The molecule has 110 valence electrons. The summed E-state index contributed by atoms with van der Waals surface area (Å²) in [4.78, 5) is 22.2. The van der Waals surface area contributed by atoms with E-state index < -0.39 is 18.4 Å². The molecule has 1 aromatic carbocycles. The summed E-state index contributed by atoms with van der Waals surface area (Å²) in [6, 6.07) is 6.34. The zero-order chi connectivity index (χ0) is 15.8. The zero-order valence-corrected chi connectivity index (χ0v) is 12.3. The van der Waals surface area contributed by atoms with Crippen LogP contribution in [0.3, 0.4) is 0 Å². The summed E-state index contributed by atoms with van der Waals surface area (Å²) in [7, 11) is 0. The van der Waals surface area contributed by atoms with Crippen molar-refractivity contribution in [2.45, 2.75) is 13.3 Å². The average Bonchev–Trinajstić information content (AvgIpc) is 2.40. The number of nitrogens with zero attached hydrogens (tertiary/aromatic N) is 2. The quantitative estimate of drug-likeness (QED) is 0.504. The van der Waals surface area contributed by atoms with Crippen molar-refractivity contribution >= 4 is 46.8 Å². The van der Waals surface area contributed by atoms with Crippen LogP contribution in [0, 0.1) is 11.3 Å². The molecular formula is C12H10Cl2N4O3. The number of rotatable bonds is 3. The fraction of sp³-hybridized carbons (Fsp3) is 0.167. The summed E-state index contributed by atoms with van der Waals surface area (Å²) < 4.78 is 4.69. The summed E-state index contributed by atoms with van der Waals surface area (Å²) >= 11 is 11.6. The number of hydrogen-bond acceptors (Lipinski definition) is 6. The smallest absolute Gasteiger partial charge is 0.394 e. The number of alkyl carbamates (subject to hydrolysis) is 1. The molecule has 2 amide bonds. The molecule has 0 heterocycles. The number of imide groups is 1. The summed E-state index contributed by atoms with van der Waals surface area (Å²) in [5.74, 6) is -0.795. The van der Waals surface area contributed by atoms with Gasteiger partial charge in [-0.25, -0.2) is 4.79 Å². The number of carbonyl (C=O) groups is 2. The lowest BCUT2D eigenvalue weighted by Crippen LogP contribution is -2.31. The average molecular weight is 329 g/mol. The van der Waals surface area contributed by atoms with Gasteiger partial charge in [-0.1, -0.05) is 23.2 Å². The predicted molar refractivity (Wildman–Crippen MR) is 78.0 cm³/mol. The molecule has 21 heavy (non-hydrogen) atoms. The highest BCUT2D eigenvalue weighted by atomic mass is 35.5. The van der Waals surface area contributed by atoms with E-state index in [0.717, 1.165) is 0 Å². The number of hydrazone groups is 1. The minimum absolute atomic E-state index is 0.0386. The molecule has 0 spiro atoms. The van der Waals surface area contributed by atoms with Crippen molar-refractivity contribution in [2.75, 3.05) is 5.43 Å². The van der Waals surface area contributed by atoms with E-state index in [0.29, 0.717) is 15.7 Å². The molecule has 0 radical (unpaired) electrons. The first-order chi connectivity index (χ1) is 9.92. The van der Waals surface area contributed by atoms with Gasteiger partial charge in [-0.15, -0.1) is 5.10 Å². The van der Waals surface area contributed by atoms with Crippen LogP contribution in [0.4, 0.5) is 10.5 Å². The molecule has 1 aromatic rings. The predicted octanol–water partition coefficient (Wildman–Crippen LogP) is 2.91. The van der Waals surface area contributed by atoms with Crippen LogP contribution in [-0.4, -0.2) is 17.9 Å². The van der Waals surface area contributed by atoms with Gasteiger partial charge in [0.05, 0.1) is 21.8 Å². The van der Waals surface area contributed by atoms with Crippen molar-refractivity contribution in [3.8, 4) is 6.07 Å². The van der Waals surface area contributed by atoms with E-state index in [1.165, 1.54) is 13.0 Å². The van der Waals surface area contributed by atoms with Crippen LogP contribution in [0.2, 0.25) is 10.0 Å². The van der Waals surface area contributed by atoms with E-state index >= 15 is 0 Å². The van der Waals surface area contributed by atoms with Gasteiger partial charge in [0.15, 0.2) is 0 Å². The van der Waals surface area contributed by atoms with Crippen LogP contribution in [0.1, 0.15) is 13.3 Å². The second-order valence-corrected chi connectivity index (χ2v) is 4.46. The number of anilines is 1. The van der Waals surface area contributed by atoms with Crippen LogP contribution >= 0.6 is 23.2 Å². The van der Waals surface area contributed by atoms with Crippen molar-refractivity contribution in [2.24, 2.45) is 5.10 Å². The molecule has 0 saturated heterocycles. The molecule has 0 aromatic heterocycles. The first-order valence-electron chi connectivity index (χ1n) is 5.56. The van der Waals surface area contributed by atoms with Gasteiger partial charge < -0.3 is 4.74 Å². The maximum atomic E-state index is 11.2. The number of nitrogens with one attached hydrogen (secondary N) is 2. The Morgan fingerprint density at radius 2 is 2.10 bits per heavy atom. The van der Waals surface area contributed by atoms with Crippen molar-refractivity contribution in [3.63, 3.8) is 0 Å². The number of ether oxygens (including phenoxy) is 1. The molecule has 0 aliphatic heterocycles. The van der Waals surface area contributed by atoms with Crippen molar-refractivity contribution in [1.82, 2.24) is 5.32 Å². The second-order valence-electron chi connectivity index (χ2n) is 3.64. The summed E-state index contributed by atoms with van der Waals surface area (Å²) in [5, 5.41) is 14.6. The SMILES string of the molecule is CC(=NNc1ccc(Cl)c(Cl)c1)OC(=O)NC(=O)CC#N. The topological polar surface area (TPSA) is 104 Å². The van der Waals surface area contributed by atoms with Crippen LogP contribution < -0.4 is 10.7 Å².